The zero-order valence-electron chi connectivity index (χ0n) is 12.1. The Labute approximate surface area is 126 Å². The Morgan fingerprint density at radius 1 is 1.29 bits per heavy atom. The van der Waals surface area contributed by atoms with Gasteiger partial charge in [-0.1, -0.05) is 11.3 Å². The third-order valence-electron chi connectivity index (χ3n) is 4.29. The summed E-state index contributed by atoms with van der Waals surface area (Å²) in [5.41, 5.74) is 0.637. The van der Waals surface area contributed by atoms with E-state index in [1.54, 1.807) is 0 Å². The van der Waals surface area contributed by atoms with Crippen LogP contribution in [0.4, 0.5) is 5.13 Å². The molecule has 0 bridgehead atoms. The molecule has 2 aromatic rings. The van der Waals surface area contributed by atoms with Crippen molar-refractivity contribution in [2.45, 2.75) is 44.7 Å². The summed E-state index contributed by atoms with van der Waals surface area (Å²) in [4.78, 5) is 19.5. The Morgan fingerprint density at radius 2 is 2.05 bits per heavy atom. The number of aryl methyl sites for hydroxylation is 1. The second-order valence-electron chi connectivity index (χ2n) is 6.02. The number of fused-ring (bicyclic) bond motifs is 1. The first kappa shape index (κ1) is 13.2. The van der Waals surface area contributed by atoms with Crippen LogP contribution in [0.3, 0.4) is 0 Å². The van der Waals surface area contributed by atoms with Gasteiger partial charge in [0, 0.05) is 36.9 Å². The highest BCUT2D eigenvalue weighted by Gasteiger charge is 2.31. The zero-order valence-corrected chi connectivity index (χ0v) is 12.9. The molecule has 0 radical (unpaired) electrons. The Hall–Kier alpha value is -1.47. The van der Waals surface area contributed by atoms with Gasteiger partial charge in [0.2, 0.25) is 10.1 Å². The number of hydrogen-bond acceptors (Lipinski definition) is 6. The molecule has 1 saturated carbocycles. The summed E-state index contributed by atoms with van der Waals surface area (Å²) < 4.78 is 1.39. The van der Waals surface area contributed by atoms with E-state index in [4.69, 9.17) is 0 Å². The van der Waals surface area contributed by atoms with Gasteiger partial charge in [0.15, 0.2) is 0 Å². The third-order valence-corrected chi connectivity index (χ3v) is 5.13. The van der Waals surface area contributed by atoms with Crippen molar-refractivity contribution in [2.24, 2.45) is 0 Å². The van der Waals surface area contributed by atoms with E-state index in [0.717, 1.165) is 29.7 Å². The molecule has 1 saturated heterocycles. The lowest BCUT2D eigenvalue weighted by molar-refractivity contribution is 0.210. The number of piperidine rings is 1. The summed E-state index contributed by atoms with van der Waals surface area (Å²) in [6.07, 6.45) is 5.05. The predicted molar refractivity (Wildman–Crippen MR) is 83.1 cm³/mol. The van der Waals surface area contributed by atoms with Gasteiger partial charge in [0.25, 0.3) is 5.56 Å². The molecule has 2 aromatic heterocycles. The SMILES string of the molecule is Cc1cc(=O)n2nc(NC3CCN(C4CC4)CC3)sc2n1. The summed E-state index contributed by atoms with van der Waals surface area (Å²) in [5.74, 6) is 0. The zero-order chi connectivity index (χ0) is 14.4. The van der Waals surface area contributed by atoms with Crippen LogP contribution >= 0.6 is 11.3 Å². The molecular formula is C14H19N5OS. The average molecular weight is 305 g/mol. The van der Waals surface area contributed by atoms with Gasteiger partial charge in [-0.25, -0.2) is 4.98 Å². The molecule has 1 N–H and O–H groups in total. The molecule has 0 amide bonds. The van der Waals surface area contributed by atoms with Crippen molar-refractivity contribution in [3.63, 3.8) is 0 Å². The van der Waals surface area contributed by atoms with Gasteiger partial charge in [-0.3, -0.25) is 4.79 Å². The van der Waals surface area contributed by atoms with Crippen LogP contribution in [0, 0.1) is 6.92 Å². The molecule has 2 fully saturated rings. The van der Waals surface area contributed by atoms with Gasteiger partial charge >= 0.3 is 0 Å². The molecule has 6 nitrogen and oxygen atoms in total. The summed E-state index contributed by atoms with van der Waals surface area (Å²) in [5, 5.41) is 8.63. The lowest BCUT2D eigenvalue weighted by Crippen LogP contribution is -2.40. The monoisotopic (exact) mass is 305 g/mol. The van der Waals surface area contributed by atoms with Crippen LogP contribution in [-0.4, -0.2) is 44.7 Å². The summed E-state index contributed by atoms with van der Waals surface area (Å²) in [6.45, 7) is 4.18. The van der Waals surface area contributed by atoms with Gasteiger partial charge in [-0.2, -0.15) is 4.52 Å². The molecule has 1 aliphatic heterocycles. The fraction of sp³-hybridized carbons (Fsp3) is 0.643. The number of aromatic nitrogens is 3. The maximum absolute atomic E-state index is 11.9. The molecule has 0 atom stereocenters. The van der Waals surface area contributed by atoms with Crippen LogP contribution in [0.5, 0.6) is 0 Å². The lowest BCUT2D eigenvalue weighted by atomic mass is 10.1. The lowest BCUT2D eigenvalue weighted by Gasteiger charge is -2.32. The Bertz CT molecular complexity index is 712. The maximum Gasteiger partial charge on any atom is 0.275 e. The Balaban J connectivity index is 1.47. The molecule has 7 heteroatoms. The van der Waals surface area contributed by atoms with E-state index in [0.29, 0.717) is 11.0 Å². The van der Waals surface area contributed by atoms with Crippen molar-refractivity contribution in [2.75, 3.05) is 18.4 Å². The third kappa shape index (κ3) is 2.67. The minimum atomic E-state index is -0.106. The van der Waals surface area contributed by atoms with Crippen LogP contribution in [0.1, 0.15) is 31.4 Å². The van der Waals surface area contributed by atoms with Crippen LogP contribution < -0.4 is 10.9 Å². The summed E-state index contributed by atoms with van der Waals surface area (Å²) in [6, 6.07) is 2.83. The summed E-state index contributed by atoms with van der Waals surface area (Å²) >= 11 is 1.45. The van der Waals surface area contributed by atoms with Crippen LogP contribution in [-0.2, 0) is 0 Å². The molecule has 0 spiro atoms. The second kappa shape index (κ2) is 5.06. The second-order valence-corrected chi connectivity index (χ2v) is 6.98. The van der Waals surface area contributed by atoms with E-state index in [1.807, 2.05) is 6.92 Å². The van der Waals surface area contributed by atoms with Crippen molar-refractivity contribution in [1.29, 1.82) is 0 Å². The Kier molecular flexibility index (Phi) is 3.19. The molecule has 1 aliphatic carbocycles. The molecule has 112 valence electrons. The van der Waals surface area contributed by atoms with Gasteiger partial charge in [0.1, 0.15) is 0 Å². The van der Waals surface area contributed by atoms with E-state index in [-0.39, 0.29) is 5.56 Å². The molecule has 0 aromatic carbocycles. The largest absolute Gasteiger partial charge is 0.357 e. The summed E-state index contributed by atoms with van der Waals surface area (Å²) in [7, 11) is 0. The van der Waals surface area contributed by atoms with Gasteiger partial charge in [-0.05, 0) is 32.6 Å². The van der Waals surface area contributed by atoms with Crippen molar-refractivity contribution < 1.29 is 0 Å². The van der Waals surface area contributed by atoms with Crippen molar-refractivity contribution in [3.05, 3.63) is 22.1 Å². The first-order valence-corrected chi connectivity index (χ1v) is 8.39. The number of nitrogens with zero attached hydrogens (tertiary/aromatic N) is 4. The smallest absolute Gasteiger partial charge is 0.275 e. The first-order valence-electron chi connectivity index (χ1n) is 7.57. The fourth-order valence-electron chi connectivity index (χ4n) is 3.00. The molecule has 0 unspecified atom stereocenters. The molecular weight excluding hydrogens is 286 g/mol. The van der Waals surface area contributed by atoms with Crippen LogP contribution in [0.15, 0.2) is 10.9 Å². The van der Waals surface area contributed by atoms with Crippen molar-refractivity contribution in [3.8, 4) is 0 Å². The minimum absolute atomic E-state index is 0.106. The molecule has 4 rings (SSSR count). The number of anilines is 1. The fourth-order valence-corrected chi connectivity index (χ4v) is 3.93. The van der Waals surface area contributed by atoms with Crippen LogP contribution in [0.25, 0.3) is 4.96 Å². The molecule has 3 heterocycles. The first-order chi connectivity index (χ1) is 10.2. The highest BCUT2D eigenvalue weighted by molar-refractivity contribution is 7.20. The van der Waals surface area contributed by atoms with E-state index < -0.39 is 0 Å². The van der Waals surface area contributed by atoms with Crippen molar-refractivity contribution in [1.82, 2.24) is 19.5 Å². The normalized spacial score (nSPS) is 21.0. The highest BCUT2D eigenvalue weighted by Crippen LogP contribution is 2.30. The van der Waals surface area contributed by atoms with Gasteiger partial charge in [-0.15, -0.1) is 5.10 Å². The number of hydrogen-bond donors (Lipinski definition) is 1. The molecule has 21 heavy (non-hydrogen) atoms. The number of likely N-dealkylation sites (tertiary alicyclic amines) is 1. The van der Waals surface area contributed by atoms with E-state index in [9.17, 15) is 4.79 Å². The van der Waals surface area contributed by atoms with E-state index >= 15 is 0 Å². The highest BCUT2D eigenvalue weighted by atomic mass is 32.1. The quantitative estimate of drug-likeness (QED) is 0.931. The van der Waals surface area contributed by atoms with Gasteiger partial charge in [0.05, 0.1) is 0 Å². The predicted octanol–water partition coefficient (Wildman–Crippen LogP) is 1.50. The Morgan fingerprint density at radius 3 is 2.76 bits per heavy atom. The number of rotatable bonds is 3. The minimum Gasteiger partial charge on any atom is -0.357 e. The van der Waals surface area contributed by atoms with Crippen LogP contribution in [0.2, 0.25) is 0 Å². The average Bonchev–Trinajstić information content (AvgIpc) is 3.21. The molecule has 2 aliphatic rings. The topological polar surface area (TPSA) is 62.5 Å². The van der Waals surface area contributed by atoms with E-state index in [1.165, 1.54) is 47.8 Å². The standard InChI is InChI=1S/C14H19N5OS/c1-9-8-12(20)19-14(15-9)21-13(17-19)16-10-4-6-18(7-5-10)11-2-3-11/h8,10-11H,2-7H2,1H3,(H,16,17). The van der Waals surface area contributed by atoms with Gasteiger partial charge < -0.3 is 10.2 Å². The maximum atomic E-state index is 11.9. The number of nitrogens with one attached hydrogen (secondary N) is 1. The van der Waals surface area contributed by atoms with E-state index in [2.05, 4.69) is 20.3 Å². The van der Waals surface area contributed by atoms with Crippen molar-refractivity contribution >= 4 is 21.4 Å².